The summed E-state index contributed by atoms with van der Waals surface area (Å²) in [5, 5.41) is 0. The fourth-order valence-electron chi connectivity index (χ4n) is 1.90. The minimum Gasteiger partial charge on any atom is -0.457 e. The summed E-state index contributed by atoms with van der Waals surface area (Å²) in [6.07, 6.45) is -0.784. The number of benzene rings is 3. The Hall–Kier alpha value is -3.27. The molecule has 0 N–H and O–H groups in total. The molecule has 0 atom stereocenters. The average molecular weight is 306 g/mol. The molecular formula is C19H14O4. The van der Waals surface area contributed by atoms with Gasteiger partial charge in [0.25, 0.3) is 0 Å². The van der Waals surface area contributed by atoms with Crippen molar-refractivity contribution in [2.75, 3.05) is 0 Å². The van der Waals surface area contributed by atoms with Gasteiger partial charge in [0.2, 0.25) is 0 Å². The highest BCUT2D eigenvalue weighted by molar-refractivity contribution is 5.67. The van der Waals surface area contributed by atoms with E-state index in [1.807, 2.05) is 36.4 Å². The number of carbonyl (C=O) groups excluding carboxylic acids is 1. The van der Waals surface area contributed by atoms with E-state index in [4.69, 9.17) is 14.2 Å². The zero-order valence-electron chi connectivity index (χ0n) is 12.2. The lowest BCUT2D eigenvalue weighted by atomic mass is 10.3. The van der Waals surface area contributed by atoms with E-state index in [2.05, 4.69) is 0 Å². The van der Waals surface area contributed by atoms with Gasteiger partial charge < -0.3 is 14.2 Å². The van der Waals surface area contributed by atoms with Crippen molar-refractivity contribution in [2.24, 2.45) is 0 Å². The lowest BCUT2D eigenvalue weighted by molar-refractivity contribution is 0.152. The summed E-state index contributed by atoms with van der Waals surface area (Å²) in [4.78, 5) is 11.7. The van der Waals surface area contributed by atoms with Gasteiger partial charge >= 0.3 is 6.16 Å². The van der Waals surface area contributed by atoms with E-state index in [0.717, 1.165) is 5.75 Å². The molecule has 3 aromatic carbocycles. The van der Waals surface area contributed by atoms with E-state index in [-0.39, 0.29) is 0 Å². The molecule has 0 radical (unpaired) electrons. The lowest BCUT2D eigenvalue weighted by Crippen LogP contribution is -2.13. The monoisotopic (exact) mass is 306 g/mol. The van der Waals surface area contributed by atoms with E-state index in [1.54, 1.807) is 48.5 Å². The van der Waals surface area contributed by atoms with E-state index >= 15 is 0 Å². The Bertz CT molecular complexity index is 752. The number of hydrogen-bond acceptors (Lipinski definition) is 4. The van der Waals surface area contributed by atoms with Crippen LogP contribution in [0.3, 0.4) is 0 Å². The zero-order valence-corrected chi connectivity index (χ0v) is 12.2. The minimum absolute atomic E-state index is 0.381. The molecule has 0 saturated heterocycles. The molecule has 3 aromatic rings. The van der Waals surface area contributed by atoms with E-state index < -0.39 is 6.16 Å². The van der Waals surface area contributed by atoms with Crippen LogP contribution >= 0.6 is 0 Å². The maximum Gasteiger partial charge on any atom is 0.519 e. The maximum absolute atomic E-state index is 11.7. The number of carbonyl (C=O) groups is 1. The zero-order chi connectivity index (χ0) is 15.9. The quantitative estimate of drug-likeness (QED) is 0.499. The smallest absolute Gasteiger partial charge is 0.457 e. The molecular weight excluding hydrogens is 292 g/mol. The molecule has 114 valence electrons. The highest BCUT2D eigenvalue weighted by atomic mass is 16.7. The van der Waals surface area contributed by atoms with Gasteiger partial charge in [-0.05, 0) is 48.5 Å². The predicted molar refractivity (Wildman–Crippen MR) is 86.1 cm³/mol. The van der Waals surface area contributed by atoms with Crippen LogP contribution in [-0.2, 0) is 0 Å². The van der Waals surface area contributed by atoms with E-state index in [9.17, 15) is 4.79 Å². The van der Waals surface area contributed by atoms with Crippen molar-refractivity contribution in [3.8, 4) is 23.0 Å². The molecule has 0 saturated carbocycles. The van der Waals surface area contributed by atoms with Crippen LogP contribution in [0.5, 0.6) is 23.0 Å². The molecule has 0 amide bonds. The van der Waals surface area contributed by atoms with Crippen molar-refractivity contribution in [3.63, 3.8) is 0 Å². The third-order valence-corrected chi connectivity index (χ3v) is 2.95. The van der Waals surface area contributed by atoms with Crippen LogP contribution in [0.25, 0.3) is 0 Å². The van der Waals surface area contributed by atoms with Crippen molar-refractivity contribution in [3.05, 3.63) is 84.9 Å². The Morgan fingerprint density at radius 3 is 1.48 bits per heavy atom. The maximum atomic E-state index is 11.7. The molecule has 4 heteroatoms. The first kappa shape index (κ1) is 14.7. The summed E-state index contributed by atoms with van der Waals surface area (Å²) < 4.78 is 15.8. The van der Waals surface area contributed by atoms with Crippen molar-refractivity contribution >= 4 is 6.16 Å². The molecule has 0 heterocycles. The fraction of sp³-hybridized carbons (Fsp3) is 0. The second-order valence-electron chi connectivity index (χ2n) is 4.65. The summed E-state index contributed by atoms with van der Waals surface area (Å²) in [7, 11) is 0. The van der Waals surface area contributed by atoms with Gasteiger partial charge in [-0.15, -0.1) is 0 Å². The third kappa shape index (κ3) is 4.35. The Labute approximate surface area is 133 Å². The molecule has 23 heavy (non-hydrogen) atoms. The first-order valence-electron chi connectivity index (χ1n) is 7.07. The molecule has 0 aliphatic heterocycles. The van der Waals surface area contributed by atoms with Gasteiger partial charge in [-0.25, -0.2) is 4.79 Å². The first-order chi connectivity index (χ1) is 11.3. The Kier molecular flexibility index (Phi) is 4.55. The topological polar surface area (TPSA) is 44.8 Å². The van der Waals surface area contributed by atoms with Crippen molar-refractivity contribution in [1.82, 2.24) is 0 Å². The van der Waals surface area contributed by atoms with Crippen LogP contribution in [0.2, 0.25) is 0 Å². The van der Waals surface area contributed by atoms with Crippen LogP contribution in [-0.4, -0.2) is 6.16 Å². The second kappa shape index (κ2) is 7.13. The van der Waals surface area contributed by atoms with Gasteiger partial charge in [0.15, 0.2) is 0 Å². The Balaban J connectivity index is 1.58. The fourth-order valence-corrected chi connectivity index (χ4v) is 1.90. The molecule has 0 fully saturated rings. The van der Waals surface area contributed by atoms with Crippen molar-refractivity contribution in [2.45, 2.75) is 0 Å². The van der Waals surface area contributed by atoms with Crippen LogP contribution in [0.1, 0.15) is 0 Å². The average Bonchev–Trinajstić information content (AvgIpc) is 2.58. The van der Waals surface area contributed by atoms with Gasteiger partial charge in [-0.1, -0.05) is 36.4 Å². The highest BCUT2D eigenvalue weighted by Gasteiger charge is 2.07. The van der Waals surface area contributed by atoms with Crippen LogP contribution in [0, 0.1) is 0 Å². The van der Waals surface area contributed by atoms with Gasteiger partial charge in [0.05, 0.1) is 0 Å². The van der Waals surface area contributed by atoms with Crippen LogP contribution < -0.4 is 14.2 Å². The van der Waals surface area contributed by atoms with Crippen LogP contribution in [0.15, 0.2) is 84.9 Å². The molecule has 0 bridgehead atoms. The van der Waals surface area contributed by atoms with E-state index in [1.165, 1.54) is 0 Å². The predicted octanol–water partition coefficient (Wildman–Crippen LogP) is 5.06. The number of rotatable bonds is 4. The summed E-state index contributed by atoms with van der Waals surface area (Å²) in [5.74, 6) is 2.21. The largest absolute Gasteiger partial charge is 0.519 e. The van der Waals surface area contributed by atoms with Crippen molar-refractivity contribution < 1.29 is 19.0 Å². The molecule has 0 aliphatic carbocycles. The molecule has 0 aromatic heterocycles. The van der Waals surface area contributed by atoms with E-state index in [0.29, 0.717) is 17.2 Å². The third-order valence-electron chi connectivity index (χ3n) is 2.95. The van der Waals surface area contributed by atoms with Gasteiger partial charge in [0, 0.05) is 0 Å². The number of ether oxygens (including phenoxy) is 3. The Morgan fingerprint density at radius 2 is 0.913 bits per heavy atom. The normalized spacial score (nSPS) is 9.91. The molecule has 0 aliphatic rings. The standard InChI is InChI=1S/C19H14O4/c20-19(22-16-9-5-2-6-10-16)23-18-13-11-17(12-14-18)21-15-7-3-1-4-8-15/h1-14H. The molecule has 4 nitrogen and oxygen atoms in total. The molecule has 0 spiro atoms. The summed E-state index contributed by atoms with van der Waals surface area (Å²) in [6.45, 7) is 0. The number of hydrogen-bond donors (Lipinski definition) is 0. The SMILES string of the molecule is O=C(Oc1ccccc1)Oc1ccc(Oc2ccccc2)cc1. The molecule has 0 unspecified atom stereocenters. The minimum atomic E-state index is -0.784. The van der Waals surface area contributed by atoms with Gasteiger partial charge in [-0.3, -0.25) is 0 Å². The summed E-state index contributed by atoms with van der Waals surface area (Å²) in [5.41, 5.74) is 0. The second-order valence-corrected chi connectivity index (χ2v) is 4.65. The van der Waals surface area contributed by atoms with Crippen LogP contribution in [0.4, 0.5) is 4.79 Å². The molecule has 3 rings (SSSR count). The Morgan fingerprint density at radius 1 is 0.522 bits per heavy atom. The number of para-hydroxylation sites is 2. The van der Waals surface area contributed by atoms with Crippen molar-refractivity contribution in [1.29, 1.82) is 0 Å². The van der Waals surface area contributed by atoms with Gasteiger partial charge in [0.1, 0.15) is 23.0 Å². The summed E-state index contributed by atoms with van der Waals surface area (Å²) in [6, 6.07) is 24.9. The first-order valence-corrected chi connectivity index (χ1v) is 7.07. The highest BCUT2D eigenvalue weighted by Crippen LogP contribution is 2.23. The summed E-state index contributed by atoms with van der Waals surface area (Å²) >= 11 is 0. The van der Waals surface area contributed by atoms with Gasteiger partial charge in [-0.2, -0.15) is 0 Å². The lowest BCUT2D eigenvalue weighted by Gasteiger charge is -2.07.